The van der Waals surface area contributed by atoms with Gasteiger partial charge in [-0.1, -0.05) is 26.7 Å². The molecule has 0 saturated carbocycles. The van der Waals surface area contributed by atoms with Gasteiger partial charge >= 0.3 is 11.9 Å². The van der Waals surface area contributed by atoms with Gasteiger partial charge in [0.05, 0.1) is 6.42 Å². The van der Waals surface area contributed by atoms with E-state index in [1.165, 1.54) is 0 Å². The van der Waals surface area contributed by atoms with Crippen LogP contribution in [0, 0.1) is 5.41 Å². The van der Waals surface area contributed by atoms with Crippen LogP contribution in [0.4, 0.5) is 0 Å². The monoisotopic (exact) mass is 485 g/mol. The van der Waals surface area contributed by atoms with E-state index in [9.17, 15) is 19.5 Å². The zero-order chi connectivity index (χ0) is 14.7. The second kappa shape index (κ2) is 9.12. The van der Waals surface area contributed by atoms with Crippen LogP contribution in [0.2, 0.25) is 0 Å². The smallest absolute Gasteiger partial charge is 0.330 e. The van der Waals surface area contributed by atoms with Gasteiger partial charge in [-0.2, -0.15) is 0 Å². The Kier molecular flexibility index (Phi) is 10.1. The summed E-state index contributed by atoms with van der Waals surface area (Å²) in [4.78, 5) is 34.4. The van der Waals surface area contributed by atoms with Crippen LogP contribution < -0.4 is 5.32 Å². The van der Waals surface area contributed by atoms with Crippen molar-refractivity contribution in [2.45, 2.75) is 57.9 Å². The van der Waals surface area contributed by atoms with Crippen molar-refractivity contribution in [2.75, 3.05) is 0 Å². The third-order valence-electron chi connectivity index (χ3n) is 4.22. The molecule has 0 aliphatic carbocycles. The van der Waals surface area contributed by atoms with Crippen molar-refractivity contribution in [2.24, 2.45) is 5.41 Å². The minimum Gasteiger partial charge on any atom is -0.481 e. The summed E-state index contributed by atoms with van der Waals surface area (Å²) in [5.74, 6) is -2.83. The molecule has 130 valence electrons. The Morgan fingerprint density at radius 3 is 2.19 bits per heavy atom. The van der Waals surface area contributed by atoms with E-state index in [0.29, 0.717) is 12.8 Å². The molecule has 1 fully saturated rings. The van der Waals surface area contributed by atoms with E-state index in [1.54, 1.807) is 0 Å². The number of carboxylic acid groups (broad SMARTS) is 2. The molecule has 0 aromatic rings. The summed E-state index contributed by atoms with van der Waals surface area (Å²) in [6.07, 6.45) is 2.16. The predicted molar refractivity (Wildman–Crippen MR) is 67.6 cm³/mol. The zero-order valence-electron chi connectivity index (χ0n) is 12.0. The molecule has 21 heavy (non-hydrogen) atoms. The fourth-order valence-electron chi connectivity index (χ4n) is 3.11. The molecule has 0 aromatic heterocycles. The molecule has 8 heteroatoms. The summed E-state index contributed by atoms with van der Waals surface area (Å²) in [6.45, 7) is 3.79. The molecule has 1 saturated heterocycles. The number of carbonyl (C=O) groups excluding carboxylic acids is 1. The molecule has 1 aliphatic heterocycles. The van der Waals surface area contributed by atoms with Gasteiger partial charge in [0.15, 0.2) is 5.54 Å². The van der Waals surface area contributed by atoms with Crippen molar-refractivity contribution >= 4 is 17.8 Å². The van der Waals surface area contributed by atoms with Gasteiger partial charge in [0.25, 0.3) is 0 Å². The number of unbranched alkanes of at least 4 members (excludes halogenated alkanes) is 1. The summed E-state index contributed by atoms with van der Waals surface area (Å²) in [6, 6.07) is 0. The van der Waals surface area contributed by atoms with E-state index in [2.05, 4.69) is 5.32 Å². The van der Waals surface area contributed by atoms with Gasteiger partial charge in [0.1, 0.15) is 0 Å². The number of carbonyl (C=O) groups is 3. The minimum atomic E-state index is -1.68. The molecule has 2 radical (unpaired) electrons. The third-order valence-corrected chi connectivity index (χ3v) is 4.22. The number of carboxylic acids is 2. The second-order valence-corrected chi connectivity index (χ2v) is 5.24. The Balaban J connectivity index is 0. The quantitative estimate of drug-likeness (QED) is 0.472. The largest absolute Gasteiger partial charge is 0.481 e. The average molecular weight is 487 g/mol. The number of hydrogen-bond acceptors (Lipinski definition) is 3. The molecule has 1 unspecified atom stereocenters. The number of aliphatic carboxylic acids is 2. The predicted octanol–water partition coefficient (Wildman–Crippen LogP) is 1.39. The van der Waals surface area contributed by atoms with Gasteiger partial charge in [-0.25, -0.2) is 4.79 Å². The standard InChI is InChI=1S/C13H21NO5.2Ag/c1-3-5-6-12(4-2)7-9(15)14-13(12,11(18)19)8-10(16)17;;/h3-8H2,1-2H3,(H,14,15)(H,16,17)(H,18,19);;/t12?,13-;;/m1../s1. The van der Waals surface area contributed by atoms with Gasteiger partial charge in [-0.3, -0.25) is 9.59 Å². The molecule has 6 nitrogen and oxygen atoms in total. The first-order chi connectivity index (χ1) is 8.83. The fraction of sp³-hybridized carbons (Fsp3) is 0.769. The van der Waals surface area contributed by atoms with Crippen LogP contribution in [-0.2, 0) is 59.1 Å². The summed E-state index contributed by atoms with van der Waals surface area (Å²) < 4.78 is 0. The van der Waals surface area contributed by atoms with Crippen LogP contribution in [-0.4, -0.2) is 33.6 Å². The molecule has 1 aliphatic rings. The SMILES string of the molecule is CCCCC1(CC)CC(=O)N[C@]1(CC(=O)O)C(=O)O.[Ag].[Ag]. The van der Waals surface area contributed by atoms with E-state index in [0.717, 1.165) is 12.8 Å². The summed E-state index contributed by atoms with van der Waals surface area (Å²) in [5, 5.41) is 21.0. The van der Waals surface area contributed by atoms with E-state index < -0.39 is 29.3 Å². The normalized spacial score (nSPS) is 27.2. The molecular formula is C13H21Ag2NO5. The van der Waals surface area contributed by atoms with Crippen LogP contribution >= 0.6 is 0 Å². The van der Waals surface area contributed by atoms with Crippen molar-refractivity contribution in [1.29, 1.82) is 0 Å². The first-order valence-corrected chi connectivity index (χ1v) is 6.60. The van der Waals surface area contributed by atoms with Crippen LogP contribution in [0.15, 0.2) is 0 Å². The van der Waals surface area contributed by atoms with E-state index in [4.69, 9.17) is 5.11 Å². The van der Waals surface area contributed by atoms with Crippen molar-refractivity contribution < 1.29 is 69.4 Å². The Hall–Kier alpha value is -0.109. The maximum absolute atomic E-state index is 11.7. The van der Waals surface area contributed by atoms with E-state index in [1.807, 2.05) is 13.8 Å². The first kappa shape index (κ1) is 23.2. The zero-order valence-corrected chi connectivity index (χ0v) is 14.9. The topological polar surface area (TPSA) is 104 Å². The van der Waals surface area contributed by atoms with Crippen molar-refractivity contribution in [3.05, 3.63) is 0 Å². The first-order valence-electron chi connectivity index (χ1n) is 6.60. The molecule has 1 amide bonds. The Morgan fingerprint density at radius 2 is 1.81 bits per heavy atom. The van der Waals surface area contributed by atoms with E-state index in [-0.39, 0.29) is 57.1 Å². The van der Waals surface area contributed by atoms with Crippen LogP contribution in [0.3, 0.4) is 0 Å². The Morgan fingerprint density at radius 1 is 1.24 bits per heavy atom. The van der Waals surface area contributed by atoms with Gasteiger partial charge in [-0.15, -0.1) is 0 Å². The Labute approximate surface area is 155 Å². The summed E-state index contributed by atoms with van der Waals surface area (Å²) in [5.41, 5.74) is -2.50. The molecular weight excluding hydrogens is 466 g/mol. The van der Waals surface area contributed by atoms with Crippen LogP contribution in [0.1, 0.15) is 52.4 Å². The van der Waals surface area contributed by atoms with Crippen LogP contribution in [0.25, 0.3) is 0 Å². The molecule has 0 bridgehead atoms. The maximum Gasteiger partial charge on any atom is 0.330 e. The molecule has 1 heterocycles. The number of nitrogens with one attached hydrogen (secondary N) is 1. The van der Waals surface area contributed by atoms with E-state index >= 15 is 0 Å². The molecule has 0 spiro atoms. The molecule has 2 atom stereocenters. The summed E-state index contributed by atoms with van der Waals surface area (Å²) in [7, 11) is 0. The van der Waals surface area contributed by atoms with Crippen molar-refractivity contribution in [3.63, 3.8) is 0 Å². The number of hydrogen-bond donors (Lipinski definition) is 3. The molecule has 1 rings (SSSR count). The minimum absolute atomic E-state index is 0. The van der Waals surface area contributed by atoms with Crippen LogP contribution in [0.5, 0.6) is 0 Å². The van der Waals surface area contributed by atoms with Gasteiger partial charge in [0, 0.05) is 56.6 Å². The van der Waals surface area contributed by atoms with Gasteiger partial charge < -0.3 is 15.5 Å². The summed E-state index contributed by atoms with van der Waals surface area (Å²) >= 11 is 0. The molecule has 0 aromatic carbocycles. The van der Waals surface area contributed by atoms with Gasteiger partial charge in [-0.05, 0) is 12.8 Å². The van der Waals surface area contributed by atoms with Gasteiger partial charge in [0.2, 0.25) is 5.91 Å². The fourth-order valence-corrected chi connectivity index (χ4v) is 3.11. The Bertz CT molecular complexity index is 404. The average Bonchev–Trinajstić information content (AvgIpc) is 2.60. The number of amides is 1. The van der Waals surface area contributed by atoms with Crippen molar-refractivity contribution in [1.82, 2.24) is 5.32 Å². The third kappa shape index (κ3) is 4.43. The van der Waals surface area contributed by atoms with Crippen molar-refractivity contribution in [3.8, 4) is 0 Å². The second-order valence-electron chi connectivity index (χ2n) is 5.24. The molecule has 3 N–H and O–H groups in total. The maximum atomic E-state index is 11.7. The number of rotatable bonds is 7.